The summed E-state index contributed by atoms with van der Waals surface area (Å²) in [5.41, 5.74) is 6.88. The standard InChI is InChI=1S/C11H12F2N2/c1-15-6-8(10(14)11(12)13)7-4-2-3-5-9(7)15/h2-6,10-11H,14H2,1H3. The number of para-hydroxylation sites is 1. The minimum absolute atomic E-state index is 0.503. The SMILES string of the molecule is Cn1cc(C(N)C(F)F)c2ccccc21. The highest BCUT2D eigenvalue weighted by Gasteiger charge is 2.21. The first-order valence-electron chi connectivity index (χ1n) is 4.69. The maximum absolute atomic E-state index is 12.5. The predicted octanol–water partition coefficient (Wildman–Crippen LogP) is 2.44. The number of aromatic nitrogens is 1. The Kier molecular flexibility index (Phi) is 2.44. The molecule has 1 unspecified atom stereocenters. The molecule has 1 aromatic carbocycles. The Labute approximate surface area is 86.3 Å². The van der Waals surface area contributed by atoms with Crippen LogP contribution in [0.3, 0.4) is 0 Å². The van der Waals surface area contributed by atoms with Crippen LogP contribution in [-0.4, -0.2) is 11.0 Å². The minimum atomic E-state index is -2.53. The Bertz CT molecular complexity index is 476. The van der Waals surface area contributed by atoms with E-state index in [1.54, 1.807) is 6.20 Å². The second-order valence-corrected chi connectivity index (χ2v) is 3.57. The summed E-state index contributed by atoms with van der Waals surface area (Å²) in [6.45, 7) is 0. The van der Waals surface area contributed by atoms with E-state index < -0.39 is 12.5 Å². The van der Waals surface area contributed by atoms with E-state index in [1.807, 2.05) is 35.9 Å². The van der Waals surface area contributed by atoms with Crippen LogP contribution in [0, 0.1) is 0 Å². The zero-order valence-corrected chi connectivity index (χ0v) is 8.32. The van der Waals surface area contributed by atoms with E-state index in [4.69, 9.17) is 5.73 Å². The van der Waals surface area contributed by atoms with Crippen LogP contribution in [0.1, 0.15) is 11.6 Å². The summed E-state index contributed by atoms with van der Waals surface area (Å²) >= 11 is 0. The number of alkyl halides is 2. The fraction of sp³-hybridized carbons (Fsp3) is 0.273. The van der Waals surface area contributed by atoms with Crippen molar-refractivity contribution in [3.8, 4) is 0 Å². The van der Waals surface area contributed by atoms with Gasteiger partial charge >= 0.3 is 0 Å². The quantitative estimate of drug-likeness (QED) is 0.810. The summed E-state index contributed by atoms with van der Waals surface area (Å²) in [5.74, 6) is 0. The van der Waals surface area contributed by atoms with Gasteiger partial charge in [-0.25, -0.2) is 8.78 Å². The number of nitrogens with two attached hydrogens (primary N) is 1. The van der Waals surface area contributed by atoms with E-state index in [2.05, 4.69) is 0 Å². The average molecular weight is 210 g/mol. The molecular weight excluding hydrogens is 198 g/mol. The number of hydrogen-bond acceptors (Lipinski definition) is 1. The lowest BCUT2D eigenvalue weighted by Gasteiger charge is -2.08. The number of halogens is 2. The fourth-order valence-electron chi connectivity index (χ4n) is 1.77. The van der Waals surface area contributed by atoms with E-state index in [0.29, 0.717) is 5.56 Å². The van der Waals surface area contributed by atoms with E-state index in [9.17, 15) is 8.78 Å². The molecule has 0 saturated carbocycles. The Hall–Kier alpha value is -1.42. The van der Waals surface area contributed by atoms with Crippen molar-refractivity contribution in [3.63, 3.8) is 0 Å². The van der Waals surface area contributed by atoms with Crippen LogP contribution >= 0.6 is 0 Å². The monoisotopic (exact) mass is 210 g/mol. The summed E-state index contributed by atoms with van der Waals surface area (Å²) < 4.78 is 26.8. The van der Waals surface area contributed by atoms with Gasteiger partial charge in [-0.1, -0.05) is 18.2 Å². The Morgan fingerprint density at radius 2 is 1.93 bits per heavy atom. The van der Waals surface area contributed by atoms with E-state index in [1.165, 1.54) is 0 Å². The van der Waals surface area contributed by atoms with Gasteiger partial charge in [0.25, 0.3) is 6.43 Å². The average Bonchev–Trinajstić information content (AvgIpc) is 2.56. The second-order valence-electron chi connectivity index (χ2n) is 3.57. The van der Waals surface area contributed by atoms with Crippen molar-refractivity contribution < 1.29 is 8.78 Å². The lowest BCUT2D eigenvalue weighted by atomic mass is 10.1. The molecule has 0 bridgehead atoms. The molecule has 80 valence electrons. The molecule has 0 fully saturated rings. The lowest BCUT2D eigenvalue weighted by Crippen LogP contribution is -2.18. The molecule has 0 aliphatic heterocycles. The van der Waals surface area contributed by atoms with Crippen molar-refractivity contribution in [2.45, 2.75) is 12.5 Å². The molecule has 0 aliphatic carbocycles. The number of fused-ring (bicyclic) bond motifs is 1. The van der Waals surface area contributed by atoms with Crippen LogP contribution in [0.2, 0.25) is 0 Å². The molecule has 1 aromatic heterocycles. The molecule has 2 rings (SSSR count). The van der Waals surface area contributed by atoms with Crippen molar-refractivity contribution in [3.05, 3.63) is 36.0 Å². The van der Waals surface area contributed by atoms with Crippen molar-refractivity contribution >= 4 is 10.9 Å². The first kappa shape index (κ1) is 10.1. The molecule has 0 aliphatic rings. The molecule has 0 radical (unpaired) electrons. The van der Waals surface area contributed by atoms with Crippen LogP contribution in [0.15, 0.2) is 30.5 Å². The summed E-state index contributed by atoms with van der Waals surface area (Å²) in [5, 5.41) is 0.799. The van der Waals surface area contributed by atoms with Gasteiger partial charge in [-0.2, -0.15) is 0 Å². The highest BCUT2D eigenvalue weighted by molar-refractivity contribution is 5.84. The van der Waals surface area contributed by atoms with E-state index in [0.717, 1.165) is 10.9 Å². The van der Waals surface area contributed by atoms with Crippen molar-refractivity contribution in [1.29, 1.82) is 0 Å². The first-order chi connectivity index (χ1) is 7.11. The third-order valence-corrected chi connectivity index (χ3v) is 2.56. The van der Waals surface area contributed by atoms with Gasteiger partial charge in [-0.3, -0.25) is 0 Å². The van der Waals surface area contributed by atoms with E-state index in [-0.39, 0.29) is 0 Å². The minimum Gasteiger partial charge on any atom is -0.350 e. The lowest BCUT2D eigenvalue weighted by molar-refractivity contribution is 0.117. The maximum atomic E-state index is 12.5. The summed E-state index contributed by atoms with van der Waals surface area (Å²) in [4.78, 5) is 0. The molecule has 4 heteroatoms. The van der Waals surface area contributed by atoms with Crippen LogP contribution in [-0.2, 0) is 7.05 Å². The Balaban J connectivity index is 2.62. The van der Waals surface area contributed by atoms with Gasteiger partial charge in [0.1, 0.15) is 0 Å². The van der Waals surface area contributed by atoms with Crippen LogP contribution in [0.5, 0.6) is 0 Å². The largest absolute Gasteiger partial charge is 0.350 e. The number of hydrogen-bond donors (Lipinski definition) is 1. The second kappa shape index (κ2) is 3.62. The molecular formula is C11H12F2N2. The predicted molar refractivity (Wildman–Crippen MR) is 55.9 cm³/mol. The molecule has 0 spiro atoms. The van der Waals surface area contributed by atoms with Gasteiger partial charge in [0.2, 0.25) is 0 Å². The van der Waals surface area contributed by atoms with Crippen molar-refractivity contribution in [2.24, 2.45) is 12.8 Å². The van der Waals surface area contributed by atoms with Gasteiger partial charge in [0.15, 0.2) is 0 Å². The number of benzene rings is 1. The van der Waals surface area contributed by atoms with Crippen LogP contribution in [0.4, 0.5) is 8.78 Å². The third kappa shape index (κ3) is 1.61. The third-order valence-electron chi connectivity index (χ3n) is 2.56. The number of nitrogens with zero attached hydrogens (tertiary/aromatic N) is 1. The molecule has 0 saturated heterocycles. The Morgan fingerprint density at radius 1 is 1.27 bits per heavy atom. The smallest absolute Gasteiger partial charge is 0.257 e. The van der Waals surface area contributed by atoms with Gasteiger partial charge in [-0.05, 0) is 6.07 Å². The highest BCUT2D eigenvalue weighted by Crippen LogP contribution is 2.27. The van der Waals surface area contributed by atoms with E-state index >= 15 is 0 Å². The summed E-state index contributed by atoms with van der Waals surface area (Å²) in [6, 6.07) is 6.18. The number of rotatable bonds is 2. The van der Waals surface area contributed by atoms with Gasteiger partial charge in [-0.15, -0.1) is 0 Å². The highest BCUT2D eigenvalue weighted by atomic mass is 19.3. The normalized spacial score (nSPS) is 13.7. The van der Waals surface area contributed by atoms with Gasteiger partial charge in [0, 0.05) is 29.7 Å². The topological polar surface area (TPSA) is 30.9 Å². The molecule has 0 amide bonds. The molecule has 15 heavy (non-hydrogen) atoms. The molecule has 2 nitrogen and oxygen atoms in total. The molecule has 2 aromatic rings. The maximum Gasteiger partial charge on any atom is 0.257 e. The zero-order valence-electron chi connectivity index (χ0n) is 8.32. The zero-order chi connectivity index (χ0) is 11.0. The summed E-state index contributed by atoms with van der Waals surface area (Å²) in [7, 11) is 1.82. The molecule has 1 heterocycles. The molecule has 1 atom stereocenters. The van der Waals surface area contributed by atoms with Crippen molar-refractivity contribution in [2.75, 3.05) is 0 Å². The van der Waals surface area contributed by atoms with Crippen molar-refractivity contribution in [1.82, 2.24) is 4.57 Å². The Morgan fingerprint density at radius 3 is 2.60 bits per heavy atom. The fourth-order valence-corrected chi connectivity index (χ4v) is 1.77. The summed E-state index contributed by atoms with van der Waals surface area (Å²) in [6.07, 6.45) is -0.864. The van der Waals surface area contributed by atoms with Crippen LogP contribution in [0.25, 0.3) is 10.9 Å². The molecule has 2 N–H and O–H groups in total. The number of aryl methyl sites for hydroxylation is 1. The van der Waals surface area contributed by atoms with Gasteiger partial charge in [0.05, 0.1) is 6.04 Å². The van der Waals surface area contributed by atoms with Crippen LogP contribution < -0.4 is 5.73 Å². The van der Waals surface area contributed by atoms with Gasteiger partial charge < -0.3 is 10.3 Å². The first-order valence-corrected chi connectivity index (χ1v) is 4.69.